The number of carbonyl (C=O) groups is 1. The van der Waals surface area contributed by atoms with Crippen molar-refractivity contribution in [1.29, 1.82) is 0 Å². The molecule has 0 spiro atoms. The van der Waals surface area contributed by atoms with E-state index < -0.39 is 0 Å². The Hall–Kier alpha value is -2.50. The van der Waals surface area contributed by atoms with E-state index in [1.807, 2.05) is 11.0 Å². The molecule has 4 rings (SSSR count). The Morgan fingerprint density at radius 1 is 1.12 bits per heavy atom. The lowest BCUT2D eigenvalue weighted by Gasteiger charge is -2.32. The van der Waals surface area contributed by atoms with Gasteiger partial charge in [0.1, 0.15) is 6.33 Å². The summed E-state index contributed by atoms with van der Waals surface area (Å²) in [6.45, 7) is 2.19. The topological polar surface area (TPSA) is 68.2 Å². The van der Waals surface area contributed by atoms with Gasteiger partial charge >= 0.3 is 0 Å². The summed E-state index contributed by atoms with van der Waals surface area (Å²) in [5.74, 6) is 1.81. The lowest BCUT2D eigenvalue weighted by atomic mass is 9.83. The van der Waals surface area contributed by atoms with E-state index in [-0.39, 0.29) is 5.91 Å². The number of hydrogen-bond donors (Lipinski definition) is 0. The summed E-state index contributed by atoms with van der Waals surface area (Å²) in [6, 6.07) is 5.53. The van der Waals surface area contributed by atoms with Crippen LogP contribution in [0.5, 0.6) is 5.88 Å². The Morgan fingerprint density at radius 3 is 2.58 bits per heavy atom. The average molecular weight is 352 g/mol. The van der Waals surface area contributed by atoms with Gasteiger partial charge in [0.15, 0.2) is 0 Å². The van der Waals surface area contributed by atoms with Gasteiger partial charge in [-0.15, -0.1) is 0 Å². The second-order valence-electron chi connectivity index (χ2n) is 7.19. The van der Waals surface area contributed by atoms with Gasteiger partial charge in [0, 0.05) is 43.0 Å². The molecule has 2 aromatic rings. The van der Waals surface area contributed by atoms with Gasteiger partial charge < -0.3 is 9.64 Å². The number of rotatable bonds is 5. The summed E-state index contributed by atoms with van der Waals surface area (Å²) in [4.78, 5) is 27.0. The maximum atomic E-state index is 12.5. The van der Waals surface area contributed by atoms with Gasteiger partial charge in [0.25, 0.3) is 5.91 Å². The number of carbonyl (C=O) groups excluding carboxylic acids is 1. The predicted octanol–water partition coefficient (Wildman–Crippen LogP) is 3.07. The largest absolute Gasteiger partial charge is 0.477 e. The summed E-state index contributed by atoms with van der Waals surface area (Å²) < 4.78 is 5.92. The van der Waals surface area contributed by atoms with E-state index in [1.165, 1.54) is 19.3 Å². The molecule has 26 heavy (non-hydrogen) atoms. The van der Waals surface area contributed by atoms with E-state index in [1.54, 1.807) is 30.9 Å². The normalized spacial score (nSPS) is 18.4. The van der Waals surface area contributed by atoms with Gasteiger partial charge in [-0.3, -0.25) is 9.78 Å². The third-order valence-corrected chi connectivity index (χ3v) is 5.48. The van der Waals surface area contributed by atoms with Crippen molar-refractivity contribution in [2.45, 2.75) is 38.0 Å². The molecule has 0 aromatic carbocycles. The minimum atomic E-state index is 0.0905. The first-order valence-electron chi connectivity index (χ1n) is 9.43. The van der Waals surface area contributed by atoms with Crippen LogP contribution in [0.15, 0.2) is 36.9 Å². The molecule has 2 fully saturated rings. The highest BCUT2D eigenvalue weighted by Crippen LogP contribution is 2.35. The maximum Gasteiger partial charge on any atom is 0.253 e. The zero-order valence-corrected chi connectivity index (χ0v) is 14.9. The highest BCUT2D eigenvalue weighted by molar-refractivity contribution is 5.94. The molecule has 2 aromatic heterocycles. The SMILES string of the molecule is O=C(c1ccncc1)N1CCC(COc2cc(C3CCC3)ncn2)CC1. The highest BCUT2D eigenvalue weighted by Gasteiger charge is 2.25. The smallest absolute Gasteiger partial charge is 0.253 e. The van der Waals surface area contributed by atoms with Crippen molar-refractivity contribution in [3.63, 3.8) is 0 Å². The Kier molecular flexibility index (Phi) is 5.09. The Labute approximate surface area is 153 Å². The highest BCUT2D eigenvalue weighted by atomic mass is 16.5. The molecule has 136 valence electrons. The van der Waals surface area contributed by atoms with E-state index in [0.717, 1.165) is 31.6 Å². The summed E-state index contributed by atoms with van der Waals surface area (Å²) >= 11 is 0. The van der Waals surface area contributed by atoms with Crippen LogP contribution in [0.4, 0.5) is 0 Å². The van der Waals surface area contributed by atoms with Gasteiger partial charge in [-0.2, -0.15) is 0 Å². The molecule has 6 nitrogen and oxygen atoms in total. The number of pyridine rings is 1. The van der Waals surface area contributed by atoms with Crippen LogP contribution in [0.1, 0.15) is 54.1 Å². The molecule has 1 saturated carbocycles. The van der Waals surface area contributed by atoms with Crippen LogP contribution in [-0.2, 0) is 0 Å². The molecule has 2 aliphatic rings. The first-order valence-corrected chi connectivity index (χ1v) is 9.43. The quantitative estimate of drug-likeness (QED) is 0.827. The van der Waals surface area contributed by atoms with Gasteiger partial charge in [0.2, 0.25) is 5.88 Å². The van der Waals surface area contributed by atoms with Crippen LogP contribution in [0.25, 0.3) is 0 Å². The number of piperidine rings is 1. The molecule has 1 amide bonds. The molecule has 1 saturated heterocycles. The maximum absolute atomic E-state index is 12.5. The molecule has 6 heteroatoms. The second kappa shape index (κ2) is 7.81. The number of ether oxygens (including phenoxy) is 1. The standard InChI is InChI=1S/C20H24N4O2/c25-20(17-4-8-21-9-5-17)24-10-6-15(7-11-24)13-26-19-12-18(22-14-23-19)16-2-1-3-16/h4-5,8-9,12,14-16H,1-3,6-7,10-11,13H2. The molecular formula is C20H24N4O2. The van der Waals surface area contributed by atoms with Crippen molar-refractivity contribution in [3.05, 3.63) is 48.2 Å². The Balaban J connectivity index is 1.26. The fourth-order valence-electron chi connectivity index (χ4n) is 3.54. The van der Waals surface area contributed by atoms with Crippen LogP contribution in [0.3, 0.4) is 0 Å². The van der Waals surface area contributed by atoms with Crippen molar-refractivity contribution in [1.82, 2.24) is 19.9 Å². The lowest BCUT2D eigenvalue weighted by Crippen LogP contribution is -2.39. The summed E-state index contributed by atoms with van der Waals surface area (Å²) in [6.07, 6.45) is 10.6. The molecule has 1 aliphatic carbocycles. The fourth-order valence-corrected chi connectivity index (χ4v) is 3.54. The van der Waals surface area contributed by atoms with Crippen LogP contribution in [-0.4, -0.2) is 45.5 Å². The van der Waals surface area contributed by atoms with Crippen LogP contribution in [0.2, 0.25) is 0 Å². The molecule has 0 atom stereocenters. The Morgan fingerprint density at radius 2 is 1.88 bits per heavy atom. The van der Waals surface area contributed by atoms with Crippen LogP contribution < -0.4 is 4.74 Å². The molecule has 0 N–H and O–H groups in total. The average Bonchev–Trinajstić information content (AvgIpc) is 2.66. The predicted molar refractivity (Wildman–Crippen MR) is 97.0 cm³/mol. The summed E-state index contributed by atoms with van der Waals surface area (Å²) in [5.41, 5.74) is 1.82. The van der Waals surface area contributed by atoms with Crippen molar-refractivity contribution in [2.75, 3.05) is 19.7 Å². The number of nitrogens with zero attached hydrogens (tertiary/aromatic N) is 4. The van der Waals surface area contributed by atoms with E-state index in [0.29, 0.717) is 29.9 Å². The van der Waals surface area contributed by atoms with E-state index in [4.69, 9.17) is 4.74 Å². The van der Waals surface area contributed by atoms with Gasteiger partial charge in [-0.1, -0.05) is 6.42 Å². The molecule has 0 bridgehead atoms. The molecular weight excluding hydrogens is 328 g/mol. The third kappa shape index (κ3) is 3.84. The number of aromatic nitrogens is 3. The van der Waals surface area contributed by atoms with Crippen molar-refractivity contribution in [3.8, 4) is 5.88 Å². The summed E-state index contributed by atoms with van der Waals surface area (Å²) in [7, 11) is 0. The van der Waals surface area contributed by atoms with E-state index in [2.05, 4.69) is 15.0 Å². The lowest BCUT2D eigenvalue weighted by molar-refractivity contribution is 0.0659. The number of amides is 1. The summed E-state index contributed by atoms with van der Waals surface area (Å²) in [5, 5.41) is 0. The van der Waals surface area contributed by atoms with E-state index in [9.17, 15) is 4.79 Å². The first kappa shape index (κ1) is 16.9. The monoisotopic (exact) mass is 352 g/mol. The van der Waals surface area contributed by atoms with Crippen LogP contribution >= 0.6 is 0 Å². The van der Waals surface area contributed by atoms with E-state index >= 15 is 0 Å². The fraction of sp³-hybridized carbons (Fsp3) is 0.500. The molecule has 0 radical (unpaired) electrons. The van der Waals surface area contributed by atoms with Crippen LogP contribution in [0, 0.1) is 5.92 Å². The third-order valence-electron chi connectivity index (χ3n) is 5.48. The van der Waals surface area contributed by atoms with Gasteiger partial charge in [-0.05, 0) is 43.7 Å². The van der Waals surface area contributed by atoms with Gasteiger partial charge in [-0.25, -0.2) is 9.97 Å². The zero-order chi connectivity index (χ0) is 17.8. The second-order valence-corrected chi connectivity index (χ2v) is 7.19. The van der Waals surface area contributed by atoms with Crippen molar-refractivity contribution in [2.24, 2.45) is 5.92 Å². The van der Waals surface area contributed by atoms with Crippen molar-refractivity contribution >= 4 is 5.91 Å². The zero-order valence-electron chi connectivity index (χ0n) is 14.9. The first-order chi connectivity index (χ1) is 12.8. The van der Waals surface area contributed by atoms with Crippen molar-refractivity contribution < 1.29 is 9.53 Å². The Bertz CT molecular complexity index is 740. The minimum Gasteiger partial charge on any atom is -0.477 e. The molecule has 1 aliphatic heterocycles. The molecule has 0 unspecified atom stereocenters. The number of hydrogen-bond acceptors (Lipinski definition) is 5. The number of likely N-dealkylation sites (tertiary alicyclic amines) is 1. The minimum absolute atomic E-state index is 0.0905. The van der Waals surface area contributed by atoms with Gasteiger partial charge in [0.05, 0.1) is 12.3 Å². The molecule has 3 heterocycles.